The number of hydrogen-bond acceptors (Lipinski definition) is 1. The summed E-state index contributed by atoms with van der Waals surface area (Å²) in [7, 11) is 0. The summed E-state index contributed by atoms with van der Waals surface area (Å²) in [5, 5.41) is 0. The molecule has 1 fully saturated rings. The van der Waals surface area contributed by atoms with E-state index >= 15 is 0 Å². The minimum Gasteiger partial charge on any atom is -0.319 e. The number of amides is 1. The van der Waals surface area contributed by atoms with Crippen LogP contribution in [0.3, 0.4) is 0 Å². The SMILES string of the molecule is O=C1CCCN1/C=C/c1ccccc1. The molecule has 14 heavy (non-hydrogen) atoms. The van der Waals surface area contributed by atoms with Gasteiger partial charge < -0.3 is 4.90 Å². The van der Waals surface area contributed by atoms with Crippen molar-refractivity contribution in [2.75, 3.05) is 6.54 Å². The van der Waals surface area contributed by atoms with Crippen molar-refractivity contribution in [3.63, 3.8) is 0 Å². The molecule has 2 rings (SSSR count). The largest absolute Gasteiger partial charge is 0.319 e. The molecule has 1 aromatic rings. The maximum absolute atomic E-state index is 11.3. The van der Waals surface area contributed by atoms with Gasteiger partial charge in [-0.2, -0.15) is 0 Å². The van der Waals surface area contributed by atoms with Gasteiger partial charge in [-0.1, -0.05) is 30.3 Å². The normalized spacial score (nSPS) is 16.9. The van der Waals surface area contributed by atoms with E-state index in [9.17, 15) is 4.79 Å². The van der Waals surface area contributed by atoms with Gasteiger partial charge in [0.1, 0.15) is 0 Å². The minimum atomic E-state index is 0.234. The zero-order valence-electron chi connectivity index (χ0n) is 8.02. The molecule has 0 atom stereocenters. The van der Waals surface area contributed by atoms with E-state index in [1.807, 2.05) is 42.6 Å². The first kappa shape index (κ1) is 9.00. The highest BCUT2D eigenvalue weighted by Gasteiger charge is 2.16. The van der Waals surface area contributed by atoms with Crippen molar-refractivity contribution in [1.29, 1.82) is 0 Å². The number of carbonyl (C=O) groups excluding carboxylic acids is 1. The van der Waals surface area contributed by atoms with E-state index in [1.165, 1.54) is 0 Å². The summed E-state index contributed by atoms with van der Waals surface area (Å²) in [5.41, 5.74) is 1.13. The van der Waals surface area contributed by atoms with Gasteiger partial charge in [0, 0.05) is 19.2 Å². The number of hydrogen-bond donors (Lipinski definition) is 0. The molecule has 0 radical (unpaired) electrons. The molecule has 2 nitrogen and oxygen atoms in total. The number of benzene rings is 1. The van der Waals surface area contributed by atoms with Gasteiger partial charge in [0.2, 0.25) is 5.91 Å². The van der Waals surface area contributed by atoms with Crippen LogP contribution in [-0.4, -0.2) is 17.4 Å². The molecule has 1 aliphatic rings. The maximum Gasteiger partial charge on any atom is 0.226 e. The lowest BCUT2D eigenvalue weighted by Crippen LogP contribution is -2.16. The van der Waals surface area contributed by atoms with Crippen molar-refractivity contribution in [2.45, 2.75) is 12.8 Å². The average Bonchev–Trinajstić information content (AvgIpc) is 2.63. The van der Waals surface area contributed by atoms with Gasteiger partial charge in [0.15, 0.2) is 0 Å². The highest BCUT2D eigenvalue weighted by Crippen LogP contribution is 2.11. The van der Waals surface area contributed by atoms with Crippen molar-refractivity contribution in [2.24, 2.45) is 0 Å². The Morgan fingerprint density at radius 1 is 1.21 bits per heavy atom. The van der Waals surface area contributed by atoms with Gasteiger partial charge in [0.05, 0.1) is 0 Å². The van der Waals surface area contributed by atoms with Gasteiger partial charge in [0.25, 0.3) is 0 Å². The van der Waals surface area contributed by atoms with Crippen LogP contribution in [0.4, 0.5) is 0 Å². The van der Waals surface area contributed by atoms with E-state index in [4.69, 9.17) is 0 Å². The van der Waals surface area contributed by atoms with E-state index in [0.717, 1.165) is 18.5 Å². The number of carbonyl (C=O) groups is 1. The van der Waals surface area contributed by atoms with Crippen molar-refractivity contribution in [1.82, 2.24) is 4.90 Å². The predicted molar refractivity (Wildman–Crippen MR) is 56.4 cm³/mol. The summed E-state index contributed by atoms with van der Waals surface area (Å²) in [6.07, 6.45) is 5.53. The standard InChI is InChI=1S/C12H13NO/c14-12-7-4-9-13(12)10-8-11-5-2-1-3-6-11/h1-3,5-6,8,10H,4,7,9H2/b10-8+. The van der Waals surface area contributed by atoms with Crippen molar-refractivity contribution >= 4 is 12.0 Å². The smallest absolute Gasteiger partial charge is 0.226 e. The fourth-order valence-electron chi connectivity index (χ4n) is 1.57. The molecule has 2 heteroatoms. The molecule has 0 N–H and O–H groups in total. The quantitative estimate of drug-likeness (QED) is 0.695. The molecule has 1 saturated heterocycles. The predicted octanol–water partition coefficient (Wildman–Crippen LogP) is 2.28. The Bertz CT molecular complexity index is 343. The van der Waals surface area contributed by atoms with Crippen LogP contribution in [0.2, 0.25) is 0 Å². The van der Waals surface area contributed by atoms with Crippen LogP contribution < -0.4 is 0 Å². The third-order valence-corrected chi connectivity index (χ3v) is 2.36. The van der Waals surface area contributed by atoms with E-state index in [1.54, 1.807) is 4.90 Å². The lowest BCUT2D eigenvalue weighted by molar-refractivity contribution is -0.125. The van der Waals surface area contributed by atoms with E-state index in [2.05, 4.69) is 0 Å². The zero-order valence-corrected chi connectivity index (χ0v) is 8.02. The second kappa shape index (κ2) is 4.09. The molecule has 72 valence electrons. The van der Waals surface area contributed by atoms with Crippen LogP contribution >= 0.6 is 0 Å². The number of nitrogens with zero attached hydrogens (tertiary/aromatic N) is 1. The van der Waals surface area contributed by atoms with Gasteiger partial charge in [-0.05, 0) is 18.1 Å². The van der Waals surface area contributed by atoms with Crippen molar-refractivity contribution < 1.29 is 4.79 Å². The molecule has 0 aromatic heterocycles. The Balaban J connectivity index is 2.03. The second-order valence-electron chi connectivity index (χ2n) is 3.42. The Kier molecular flexibility index (Phi) is 2.63. The Hall–Kier alpha value is -1.57. The lowest BCUT2D eigenvalue weighted by Gasteiger charge is -2.07. The fourth-order valence-corrected chi connectivity index (χ4v) is 1.57. The topological polar surface area (TPSA) is 20.3 Å². The molecule has 0 spiro atoms. The van der Waals surface area contributed by atoms with Gasteiger partial charge in [-0.3, -0.25) is 4.79 Å². The summed E-state index contributed by atoms with van der Waals surface area (Å²) >= 11 is 0. The van der Waals surface area contributed by atoms with Gasteiger partial charge >= 0.3 is 0 Å². The lowest BCUT2D eigenvalue weighted by atomic mass is 10.2. The molecule has 0 bridgehead atoms. The van der Waals surface area contributed by atoms with Gasteiger partial charge in [-0.15, -0.1) is 0 Å². The molecule has 1 heterocycles. The molecule has 0 aliphatic carbocycles. The first-order valence-corrected chi connectivity index (χ1v) is 4.89. The molecule has 1 amide bonds. The number of likely N-dealkylation sites (tertiary alicyclic amines) is 1. The van der Waals surface area contributed by atoms with Crippen LogP contribution in [0.15, 0.2) is 36.5 Å². The van der Waals surface area contributed by atoms with Crippen molar-refractivity contribution in [3.05, 3.63) is 42.1 Å². The molecule has 0 unspecified atom stereocenters. The van der Waals surface area contributed by atoms with Crippen LogP contribution in [0.25, 0.3) is 6.08 Å². The summed E-state index contributed by atoms with van der Waals surface area (Å²) in [4.78, 5) is 13.1. The first-order valence-electron chi connectivity index (χ1n) is 4.89. The highest BCUT2D eigenvalue weighted by atomic mass is 16.2. The first-order chi connectivity index (χ1) is 6.86. The molecule has 0 saturated carbocycles. The third kappa shape index (κ3) is 2.02. The van der Waals surface area contributed by atoms with E-state index < -0.39 is 0 Å². The Labute approximate surface area is 83.8 Å². The minimum absolute atomic E-state index is 0.234. The molecule has 1 aromatic carbocycles. The molecular weight excluding hydrogens is 174 g/mol. The van der Waals surface area contributed by atoms with Crippen molar-refractivity contribution in [3.8, 4) is 0 Å². The van der Waals surface area contributed by atoms with Crippen LogP contribution in [-0.2, 0) is 4.79 Å². The van der Waals surface area contributed by atoms with Gasteiger partial charge in [-0.25, -0.2) is 0 Å². The monoisotopic (exact) mass is 187 g/mol. The molecular formula is C12H13NO. The summed E-state index contributed by atoms with van der Waals surface area (Å²) in [6, 6.07) is 10.0. The summed E-state index contributed by atoms with van der Waals surface area (Å²) in [5.74, 6) is 0.234. The fraction of sp³-hybridized carbons (Fsp3) is 0.250. The third-order valence-electron chi connectivity index (χ3n) is 2.36. The Morgan fingerprint density at radius 3 is 2.64 bits per heavy atom. The van der Waals surface area contributed by atoms with Crippen LogP contribution in [0, 0.1) is 0 Å². The second-order valence-corrected chi connectivity index (χ2v) is 3.42. The Morgan fingerprint density at radius 2 is 2.00 bits per heavy atom. The van der Waals surface area contributed by atoms with E-state index in [0.29, 0.717) is 6.42 Å². The maximum atomic E-state index is 11.3. The summed E-state index contributed by atoms with van der Waals surface area (Å²) < 4.78 is 0. The summed E-state index contributed by atoms with van der Waals surface area (Å²) in [6.45, 7) is 0.863. The highest BCUT2D eigenvalue weighted by molar-refractivity contribution is 5.79. The van der Waals surface area contributed by atoms with E-state index in [-0.39, 0.29) is 5.91 Å². The van der Waals surface area contributed by atoms with Crippen LogP contribution in [0.5, 0.6) is 0 Å². The van der Waals surface area contributed by atoms with Crippen LogP contribution in [0.1, 0.15) is 18.4 Å². The molecule has 1 aliphatic heterocycles. The number of rotatable bonds is 2. The average molecular weight is 187 g/mol. The zero-order chi connectivity index (χ0) is 9.80.